The predicted molar refractivity (Wildman–Crippen MR) is 55.1 cm³/mol. The van der Waals surface area contributed by atoms with Gasteiger partial charge in [-0.2, -0.15) is 0 Å². The minimum absolute atomic E-state index is 0.102. The van der Waals surface area contributed by atoms with Gasteiger partial charge in [0.05, 0.1) is 0 Å². The molecule has 1 amide bonds. The molecule has 1 heterocycles. The summed E-state index contributed by atoms with van der Waals surface area (Å²) in [6, 6.07) is 7.45. The monoisotopic (exact) mass is 207 g/mol. The zero-order chi connectivity index (χ0) is 10.8. The highest BCUT2D eigenvalue weighted by Crippen LogP contribution is 2.35. The van der Waals surface area contributed by atoms with Crippen LogP contribution in [-0.2, 0) is 14.3 Å². The molecule has 0 atom stereocenters. The van der Waals surface area contributed by atoms with Crippen molar-refractivity contribution in [3.63, 3.8) is 0 Å². The molecule has 80 valence electrons. The molecule has 1 aliphatic heterocycles. The van der Waals surface area contributed by atoms with Crippen molar-refractivity contribution in [3.05, 3.63) is 29.8 Å². The lowest BCUT2D eigenvalue weighted by atomic mass is 10.1. The molecule has 1 fully saturated rings. The standard InChI is InChI=1S/C11H13NO3/c1-7(13)12-10-6-4-3-5-9(10)11-14-8(2)15-11/h3-6,8,11H,1-2H3,(H,12,13). The minimum atomic E-state index is -0.358. The number of hydrogen-bond acceptors (Lipinski definition) is 3. The number of nitrogens with one attached hydrogen (secondary N) is 1. The molecule has 1 aromatic carbocycles. The van der Waals surface area contributed by atoms with Crippen LogP contribution in [0, 0.1) is 0 Å². The second-order valence-corrected chi connectivity index (χ2v) is 3.44. The quantitative estimate of drug-likeness (QED) is 0.807. The van der Waals surface area contributed by atoms with E-state index in [-0.39, 0.29) is 18.5 Å². The van der Waals surface area contributed by atoms with E-state index in [1.807, 2.05) is 31.2 Å². The van der Waals surface area contributed by atoms with Gasteiger partial charge in [-0.15, -0.1) is 0 Å². The fourth-order valence-electron chi connectivity index (χ4n) is 1.51. The molecule has 0 saturated carbocycles. The molecule has 0 bridgehead atoms. The van der Waals surface area contributed by atoms with E-state index in [4.69, 9.17) is 9.47 Å². The first kappa shape index (κ1) is 10.1. The van der Waals surface area contributed by atoms with Crippen molar-refractivity contribution in [1.82, 2.24) is 0 Å². The Labute approximate surface area is 88.2 Å². The Balaban J connectivity index is 2.18. The Morgan fingerprint density at radius 1 is 1.33 bits per heavy atom. The summed E-state index contributed by atoms with van der Waals surface area (Å²) < 4.78 is 10.7. The lowest BCUT2D eigenvalue weighted by Crippen LogP contribution is -2.32. The van der Waals surface area contributed by atoms with Gasteiger partial charge >= 0.3 is 0 Å². The normalized spacial score (nSPS) is 24.4. The first-order valence-corrected chi connectivity index (χ1v) is 4.84. The van der Waals surface area contributed by atoms with Crippen LogP contribution in [0.15, 0.2) is 24.3 Å². The summed E-state index contributed by atoms with van der Waals surface area (Å²) in [6.45, 7) is 3.30. The number of carbonyl (C=O) groups excluding carboxylic acids is 1. The maximum absolute atomic E-state index is 11.0. The number of anilines is 1. The third kappa shape index (κ3) is 2.16. The van der Waals surface area contributed by atoms with Crippen LogP contribution in [0.4, 0.5) is 5.69 Å². The van der Waals surface area contributed by atoms with Gasteiger partial charge in [-0.1, -0.05) is 18.2 Å². The van der Waals surface area contributed by atoms with Gasteiger partial charge in [-0.05, 0) is 13.0 Å². The van der Waals surface area contributed by atoms with Crippen molar-refractivity contribution in [2.75, 3.05) is 5.32 Å². The summed E-state index contributed by atoms with van der Waals surface area (Å²) in [5.41, 5.74) is 1.59. The molecular formula is C11H13NO3. The van der Waals surface area contributed by atoms with Crippen molar-refractivity contribution in [1.29, 1.82) is 0 Å². The average molecular weight is 207 g/mol. The van der Waals surface area contributed by atoms with Crippen LogP contribution >= 0.6 is 0 Å². The highest BCUT2D eigenvalue weighted by molar-refractivity contribution is 5.89. The first-order valence-electron chi connectivity index (χ1n) is 4.84. The average Bonchev–Trinajstić information content (AvgIpc) is 2.13. The van der Waals surface area contributed by atoms with Crippen LogP contribution in [0.5, 0.6) is 0 Å². The largest absolute Gasteiger partial charge is 0.326 e. The lowest BCUT2D eigenvalue weighted by molar-refractivity contribution is -0.382. The molecule has 0 aromatic heterocycles. The van der Waals surface area contributed by atoms with Gasteiger partial charge in [-0.3, -0.25) is 4.79 Å². The Morgan fingerprint density at radius 2 is 2.00 bits per heavy atom. The summed E-state index contributed by atoms with van der Waals surface area (Å²) in [6.07, 6.45) is -0.525. The van der Waals surface area contributed by atoms with Crippen LogP contribution in [0.25, 0.3) is 0 Å². The Hall–Kier alpha value is -1.39. The van der Waals surface area contributed by atoms with Crippen molar-refractivity contribution < 1.29 is 14.3 Å². The molecule has 1 aliphatic rings. The van der Waals surface area contributed by atoms with E-state index in [9.17, 15) is 4.79 Å². The Kier molecular flexibility index (Phi) is 2.70. The maximum atomic E-state index is 11.0. The van der Waals surface area contributed by atoms with Crippen molar-refractivity contribution in [3.8, 4) is 0 Å². The van der Waals surface area contributed by atoms with Crippen LogP contribution in [0.3, 0.4) is 0 Å². The lowest BCUT2D eigenvalue weighted by Gasteiger charge is -2.34. The number of carbonyl (C=O) groups is 1. The molecule has 2 rings (SSSR count). The molecule has 1 saturated heterocycles. The van der Waals surface area contributed by atoms with Gasteiger partial charge in [0.15, 0.2) is 12.6 Å². The van der Waals surface area contributed by atoms with E-state index in [2.05, 4.69) is 5.32 Å². The highest BCUT2D eigenvalue weighted by atomic mass is 16.9. The third-order valence-electron chi connectivity index (χ3n) is 2.16. The predicted octanol–water partition coefficient (Wildman–Crippen LogP) is 2.04. The number of rotatable bonds is 2. The smallest absolute Gasteiger partial charge is 0.221 e. The summed E-state index contributed by atoms with van der Waals surface area (Å²) >= 11 is 0. The van der Waals surface area contributed by atoms with Crippen molar-refractivity contribution in [2.24, 2.45) is 0 Å². The van der Waals surface area contributed by atoms with Gasteiger partial charge in [0.1, 0.15) is 0 Å². The SMILES string of the molecule is CC(=O)Nc1ccccc1C1OC(C)O1. The molecule has 1 aromatic rings. The number of para-hydroxylation sites is 1. The Bertz CT molecular complexity index is 372. The topological polar surface area (TPSA) is 47.6 Å². The van der Waals surface area contributed by atoms with Gasteiger partial charge in [0, 0.05) is 18.2 Å². The molecule has 4 nitrogen and oxygen atoms in total. The molecular weight excluding hydrogens is 194 g/mol. The molecule has 0 aliphatic carbocycles. The van der Waals surface area contributed by atoms with Crippen molar-refractivity contribution >= 4 is 11.6 Å². The number of amides is 1. The maximum Gasteiger partial charge on any atom is 0.221 e. The molecule has 1 N–H and O–H groups in total. The van der Waals surface area contributed by atoms with E-state index in [0.717, 1.165) is 11.3 Å². The molecule has 0 radical (unpaired) electrons. The van der Waals surface area contributed by atoms with Gasteiger partial charge in [0.2, 0.25) is 5.91 Å². The van der Waals surface area contributed by atoms with E-state index in [1.54, 1.807) is 0 Å². The number of ether oxygens (including phenoxy) is 2. The molecule has 15 heavy (non-hydrogen) atoms. The molecule has 0 unspecified atom stereocenters. The van der Waals surface area contributed by atoms with Crippen LogP contribution in [-0.4, -0.2) is 12.2 Å². The fraction of sp³-hybridized carbons (Fsp3) is 0.364. The zero-order valence-corrected chi connectivity index (χ0v) is 8.69. The third-order valence-corrected chi connectivity index (χ3v) is 2.16. The van der Waals surface area contributed by atoms with Gasteiger partial charge < -0.3 is 14.8 Å². The number of benzene rings is 1. The number of hydrogen-bond donors (Lipinski definition) is 1. The second-order valence-electron chi connectivity index (χ2n) is 3.44. The summed E-state index contributed by atoms with van der Waals surface area (Å²) in [4.78, 5) is 11.0. The van der Waals surface area contributed by atoms with E-state index in [1.165, 1.54) is 6.92 Å². The van der Waals surface area contributed by atoms with Crippen molar-refractivity contribution in [2.45, 2.75) is 26.4 Å². The molecule has 0 spiro atoms. The summed E-state index contributed by atoms with van der Waals surface area (Å²) in [7, 11) is 0. The summed E-state index contributed by atoms with van der Waals surface area (Å²) in [5.74, 6) is -0.102. The van der Waals surface area contributed by atoms with Crippen LogP contribution in [0.2, 0.25) is 0 Å². The van der Waals surface area contributed by atoms with Gasteiger partial charge in [-0.25, -0.2) is 0 Å². The first-order chi connectivity index (χ1) is 7.16. The second kappa shape index (κ2) is 4.00. The fourth-order valence-corrected chi connectivity index (χ4v) is 1.51. The van der Waals surface area contributed by atoms with E-state index < -0.39 is 0 Å². The molecule has 4 heteroatoms. The van der Waals surface area contributed by atoms with E-state index in [0.29, 0.717) is 0 Å². The van der Waals surface area contributed by atoms with Gasteiger partial charge in [0.25, 0.3) is 0 Å². The summed E-state index contributed by atoms with van der Waals surface area (Å²) in [5, 5.41) is 2.74. The van der Waals surface area contributed by atoms with E-state index >= 15 is 0 Å². The van der Waals surface area contributed by atoms with Crippen LogP contribution < -0.4 is 5.32 Å². The zero-order valence-electron chi connectivity index (χ0n) is 8.69. The minimum Gasteiger partial charge on any atom is -0.326 e. The van der Waals surface area contributed by atoms with Crippen LogP contribution in [0.1, 0.15) is 25.7 Å². The highest BCUT2D eigenvalue weighted by Gasteiger charge is 2.30. The Morgan fingerprint density at radius 3 is 2.60 bits per heavy atom.